The molecule has 3 heterocycles. The highest BCUT2D eigenvalue weighted by Crippen LogP contribution is 2.48. The first kappa shape index (κ1) is 39.2. The SMILES string of the molecule is COc1ccc2c(O[C@@H]3C[C@H]4C(=O)N[C@]5(C(=O)NS(=O)(=O)C6(F)CC6)C[C@H]5/C=C\CC[C@@H](C)C[C@@H](C)[C@H](NC(=O)OCC(C)C)C(=O)N4C3)nccc2c1. The Bertz CT molecular complexity index is 1920. The number of sulfonamides is 1. The summed E-state index contributed by atoms with van der Waals surface area (Å²) in [5, 5.41) is 4.49. The van der Waals surface area contributed by atoms with Crippen LogP contribution in [0, 0.1) is 23.7 Å². The monoisotopic (exact) mass is 771 g/mol. The molecule has 54 heavy (non-hydrogen) atoms. The number of nitrogens with zero attached hydrogens (tertiary/aromatic N) is 2. The summed E-state index contributed by atoms with van der Waals surface area (Å²) in [4.78, 5) is 61.6. The van der Waals surface area contributed by atoms with Crippen LogP contribution in [0.5, 0.6) is 11.6 Å². The van der Waals surface area contributed by atoms with Crippen LogP contribution < -0.4 is 24.8 Å². The van der Waals surface area contributed by atoms with E-state index in [0.717, 1.165) is 11.8 Å². The number of allylic oxidation sites excluding steroid dienone is 1. The molecule has 0 unspecified atom stereocenters. The zero-order valence-corrected chi connectivity index (χ0v) is 32.1. The van der Waals surface area contributed by atoms with Crippen molar-refractivity contribution in [2.75, 3.05) is 20.3 Å². The molecule has 1 saturated heterocycles. The summed E-state index contributed by atoms with van der Waals surface area (Å²) in [6, 6.07) is 4.94. The van der Waals surface area contributed by atoms with Gasteiger partial charge >= 0.3 is 6.09 Å². The molecule has 7 atom stereocenters. The molecule has 0 bridgehead atoms. The van der Waals surface area contributed by atoms with Crippen LogP contribution >= 0.6 is 0 Å². The topological polar surface area (TPSA) is 182 Å². The number of amides is 4. The predicted octanol–water partition coefficient (Wildman–Crippen LogP) is 4.14. The normalized spacial score (nSPS) is 30.2. The lowest BCUT2D eigenvalue weighted by Crippen LogP contribution is -2.59. The third kappa shape index (κ3) is 8.27. The number of alkyl carbamates (subject to hydrolysis) is 1. The molecule has 2 aromatic rings. The van der Waals surface area contributed by atoms with Crippen molar-refractivity contribution in [3.8, 4) is 11.6 Å². The Labute approximate surface area is 315 Å². The number of pyridine rings is 1. The first-order valence-electron chi connectivity index (χ1n) is 18.6. The summed E-state index contributed by atoms with van der Waals surface area (Å²) in [5.41, 5.74) is -1.69. The number of methoxy groups -OCH3 is 1. The van der Waals surface area contributed by atoms with Crippen molar-refractivity contribution in [3.05, 3.63) is 42.6 Å². The Morgan fingerprint density at radius 2 is 1.91 bits per heavy atom. The van der Waals surface area contributed by atoms with Crippen LogP contribution in [0.2, 0.25) is 0 Å². The molecule has 14 nitrogen and oxygen atoms in total. The number of ether oxygens (including phenoxy) is 3. The van der Waals surface area contributed by atoms with Gasteiger partial charge in [-0.15, -0.1) is 0 Å². The fraction of sp³-hybridized carbons (Fsp3) is 0.605. The maximum atomic E-state index is 14.8. The zero-order valence-electron chi connectivity index (χ0n) is 31.3. The minimum absolute atomic E-state index is 0.00874. The molecular weight excluding hydrogens is 722 g/mol. The minimum atomic E-state index is -4.66. The van der Waals surface area contributed by atoms with Crippen LogP contribution in [0.25, 0.3) is 10.8 Å². The molecule has 1 aromatic carbocycles. The first-order chi connectivity index (χ1) is 25.6. The smallest absolute Gasteiger partial charge is 0.407 e. The highest BCUT2D eigenvalue weighted by Gasteiger charge is 2.64. The van der Waals surface area contributed by atoms with Crippen molar-refractivity contribution < 1.29 is 46.2 Å². The Balaban J connectivity index is 1.33. The Morgan fingerprint density at radius 1 is 1.15 bits per heavy atom. The van der Waals surface area contributed by atoms with Gasteiger partial charge in [-0.3, -0.25) is 14.4 Å². The van der Waals surface area contributed by atoms with Gasteiger partial charge in [0.2, 0.25) is 22.7 Å². The molecule has 2 aliphatic carbocycles. The number of aromatic nitrogens is 1. The molecular formula is C38H50FN5O9S. The number of halogens is 1. The van der Waals surface area contributed by atoms with E-state index in [1.54, 1.807) is 37.6 Å². The molecule has 2 saturated carbocycles. The Kier molecular flexibility index (Phi) is 11.1. The van der Waals surface area contributed by atoms with E-state index in [2.05, 4.69) is 15.6 Å². The van der Waals surface area contributed by atoms with Gasteiger partial charge in [0.25, 0.3) is 15.9 Å². The fourth-order valence-electron chi connectivity index (χ4n) is 7.41. The van der Waals surface area contributed by atoms with E-state index >= 15 is 0 Å². The number of nitrogens with one attached hydrogen (secondary N) is 3. The predicted molar refractivity (Wildman–Crippen MR) is 196 cm³/mol. The van der Waals surface area contributed by atoms with E-state index in [9.17, 15) is 32.0 Å². The summed E-state index contributed by atoms with van der Waals surface area (Å²) in [6.45, 7) is 7.79. The van der Waals surface area contributed by atoms with Crippen molar-refractivity contribution in [2.45, 2.75) is 101 Å². The quantitative estimate of drug-likeness (QED) is 0.314. The zero-order chi connectivity index (χ0) is 39.0. The van der Waals surface area contributed by atoms with Gasteiger partial charge in [-0.05, 0) is 73.1 Å². The molecule has 3 fully saturated rings. The number of carbonyl (C=O) groups is 4. The molecule has 0 radical (unpaired) electrons. The van der Waals surface area contributed by atoms with Gasteiger partial charge < -0.3 is 29.7 Å². The molecule has 1 aromatic heterocycles. The third-order valence-electron chi connectivity index (χ3n) is 10.8. The lowest BCUT2D eigenvalue weighted by atomic mass is 9.88. The van der Waals surface area contributed by atoms with Gasteiger partial charge in [0.15, 0.2) is 0 Å². The second-order valence-corrected chi connectivity index (χ2v) is 17.7. The highest BCUT2D eigenvalue weighted by atomic mass is 32.2. The molecule has 16 heteroatoms. The number of hydrogen-bond acceptors (Lipinski definition) is 10. The van der Waals surface area contributed by atoms with Gasteiger partial charge in [0.05, 0.1) is 20.3 Å². The van der Waals surface area contributed by atoms with Crippen LogP contribution in [-0.4, -0.2) is 91.1 Å². The molecule has 3 N–H and O–H groups in total. The summed E-state index contributed by atoms with van der Waals surface area (Å²) in [7, 11) is -3.10. The van der Waals surface area contributed by atoms with Crippen molar-refractivity contribution >= 4 is 44.6 Å². The average molecular weight is 772 g/mol. The standard InChI is InChI=1S/C38H50FN5O9S/c1-22(2)21-52-36(48)41-31-24(4)16-23(3)8-6-7-9-26-19-38(26,35(47)43-54(49,50)37(39)13-14-37)42-32(45)30-18-28(20-44(30)34(31)46)53-33-29-11-10-27(51-5)17-25(29)12-15-40-33/h7,9-12,15,17,22-24,26,28,30-31H,6,8,13-14,16,18-21H2,1-5H3,(H,41,48)(H,42,45)(H,43,47)/b9-7-/t23-,24-,26-,28-,30+,31+,38-/m1/s1. The largest absolute Gasteiger partial charge is 0.497 e. The highest BCUT2D eigenvalue weighted by molar-refractivity contribution is 7.91. The summed E-state index contributed by atoms with van der Waals surface area (Å²) >= 11 is 0. The van der Waals surface area contributed by atoms with Crippen molar-refractivity contribution in [1.29, 1.82) is 0 Å². The van der Waals surface area contributed by atoms with Crippen LogP contribution in [0.15, 0.2) is 42.6 Å². The number of alkyl halides is 1. The van der Waals surface area contributed by atoms with E-state index in [-0.39, 0.29) is 62.5 Å². The summed E-state index contributed by atoms with van der Waals surface area (Å²) in [5.74, 6) is -2.12. The van der Waals surface area contributed by atoms with Gasteiger partial charge in [0, 0.05) is 36.8 Å². The van der Waals surface area contributed by atoms with Gasteiger partial charge in [-0.1, -0.05) is 39.8 Å². The number of fused-ring (bicyclic) bond motifs is 3. The van der Waals surface area contributed by atoms with E-state index in [1.807, 2.05) is 44.6 Å². The molecule has 2 aliphatic heterocycles. The molecule has 6 rings (SSSR count). The van der Waals surface area contributed by atoms with E-state index in [1.165, 1.54) is 4.90 Å². The Hall–Kier alpha value is -4.47. The van der Waals surface area contributed by atoms with Crippen molar-refractivity contribution in [1.82, 2.24) is 25.2 Å². The lowest BCUT2D eigenvalue weighted by molar-refractivity contribution is -0.142. The van der Waals surface area contributed by atoms with E-state index in [4.69, 9.17) is 14.2 Å². The van der Waals surface area contributed by atoms with Gasteiger partial charge in [-0.25, -0.2) is 27.3 Å². The van der Waals surface area contributed by atoms with Crippen LogP contribution in [0.1, 0.15) is 72.6 Å². The second-order valence-electron chi connectivity index (χ2n) is 15.7. The first-order valence-corrected chi connectivity index (χ1v) is 20.1. The molecule has 0 spiro atoms. The third-order valence-corrected chi connectivity index (χ3v) is 12.6. The second kappa shape index (κ2) is 15.3. The summed E-state index contributed by atoms with van der Waals surface area (Å²) in [6.07, 6.45) is 5.28. The van der Waals surface area contributed by atoms with E-state index < -0.39 is 68.5 Å². The maximum absolute atomic E-state index is 14.8. The number of carbonyl (C=O) groups excluding carboxylic acids is 4. The maximum Gasteiger partial charge on any atom is 0.407 e. The number of benzene rings is 1. The van der Waals surface area contributed by atoms with Crippen LogP contribution in [-0.2, 0) is 29.1 Å². The van der Waals surface area contributed by atoms with Crippen molar-refractivity contribution in [3.63, 3.8) is 0 Å². The number of rotatable bonds is 9. The van der Waals surface area contributed by atoms with Crippen LogP contribution in [0.3, 0.4) is 0 Å². The molecule has 4 aliphatic rings. The molecule has 4 amide bonds. The molecule has 294 valence electrons. The van der Waals surface area contributed by atoms with Gasteiger partial charge in [0.1, 0.15) is 29.5 Å². The van der Waals surface area contributed by atoms with E-state index in [0.29, 0.717) is 24.0 Å². The Morgan fingerprint density at radius 3 is 2.61 bits per heavy atom. The van der Waals surface area contributed by atoms with Gasteiger partial charge in [-0.2, -0.15) is 0 Å². The lowest BCUT2D eigenvalue weighted by Gasteiger charge is -2.32. The average Bonchev–Trinajstić information content (AvgIpc) is 4.01. The minimum Gasteiger partial charge on any atom is -0.497 e. The number of hydrogen-bond donors (Lipinski definition) is 3. The summed E-state index contributed by atoms with van der Waals surface area (Å²) < 4.78 is 59.4. The van der Waals surface area contributed by atoms with Crippen LogP contribution in [0.4, 0.5) is 9.18 Å². The fourth-order valence-corrected chi connectivity index (χ4v) is 8.65. The van der Waals surface area contributed by atoms with Crippen molar-refractivity contribution in [2.24, 2.45) is 23.7 Å².